The number of halogens is 1. The van der Waals surface area contributed by atoms with E-state index in [-0.39, 0.29) is 23.1 Å². The van der Waals surface area contributed by atoms with Crippen molar-refractivity contribution in [3.8, 4) is 22.6 Å². The second-order valence-corrected chi connectivity index (χ2v) is 8.45. The molecule has 0 spiro atoms. The highest BCUT2D eigenvalue weighted by atomic mass is 32.1. The molecule has 0 fully saturated rings. The Morgan fingerprint density at radius 1 is 1.24 bits per heavy atom. The predicted molar refractivity (Wildman–Crippen MR) is 125 cm³/mol. The summed E-state index contributed by atoms with van der Waals surface area (Å²) in [5.41, 5.74) is 2.17. The van der Waals surface area contributed by atoms with E-state index in [0.717, 1.165) is 21.8 Å². The summed E-state index contributed by atoms with van der Waals surface area (Å²) in [4.78, 5) is 25.6. The molecule has 1 aliphatic heterocycles. The van der Waals surface area contributed by atoms with Gasteiger partial charge in [-0.3, -0.25) is 4.79 Å². The Morgan fingerprint density at radius 2 is 2.00 bits per heavy atom. The first kappa shape index (κ1) is 22.5. The highest BCUT2D eigenvalue weighted by Crippen LogP contribution is 2.50. The summed E-state index contributed by atoms with van der Waals surface area (Å²) in [6.07, 6.45) is 1.80. The molecule has 2 aromatic carbocycles. The minimum atomic E-state index is -1.11. The second kappa shape index (κ2) is 9.46. The van der Waals surface area contributed by atoms with E-state index in [0.29, 0.717) is 41.5 Å². The summed E-state index contributed by atoms with van der Waals surface area (Å²) in [6, 6.07) is 11.0. The number of aromatic carboxylic acids is 1. The number of carbonyl (C=O) groups is 2. The number of hydrogen-bond acceptors (Lipinski definition) is 5. The minimum Gasteiger partial charge on any atom is -0.490 e. The Kier molecular flexibility index (Phi) is 6.46. The first-order chi connectivity index (χ1) is 15.9. The Bertz CT molecular complexity index is 1220. The minimum absolute atomic E-state index is 0.0924. The van der Waals surface area contributed by atoms with Gasteiger partial charge in [0.25, 0.3) is 0 Å². The first-order valence-corrected chi connectivity index (χ1v) is 11.2. The van der Waals surface area contributed by atoms with Crippen molar-refractivity contribution in [1.29, 1.82) is 0 Å². The number of hydrogen-bond donors (Lipinski definition) is 2. The van der Waals surface area contributed by atoms with Crippen LogP contribution in [0.2, 0.25) is 0 Å². The van der Waals surface area contributed by atoms with Crippen LogP contribution in [0.5, 0.6) is 11.5 Å². The van der Waals surface area contributed by atoms with Gasteiger partial charge in [-0.25, -0.2) is 9.18 Å². The first-order valence-electron chi connectivity index (χ1n) is 10.4. The van der Waals surface area contributed by atoms with Crippen LogP contribution in [0.15, 0.2) is 55.1 Å². The van der Waals surface area contributed by atoms with E-state index in [1.54, 1.807) is 12.1 Å². The predicted octanol–water partition coefficient (Wildman–Crippen LogP) is 5.69. The fraction of sp³-hybridized carbons (Fsp3) is 0.200. The summed E-state index contributed by atoms with van der Waals surface area (Å²) in [5, 5.41) is 12.7. The van der Waals surface area contributed by atoms with E-state index in [4.69, 9.17) is 9.47 Å². The maximum Gasteiger partial charge on any atom is 0.346 e. The van der Waals surface area contributed by atoms with Crippen LogP contribution in [0.4, 0.5) is 10.1 Å². The summed E-state index contributed by atoms with van der Waals surface area (Å²) >= 11 is 1.12. The zero-order chi connectivity index (χ0) is 23.5. The van der Waals surface area contributed by atoms with Crippen LogP contribution in [0.3, 0.4) is 0 Å². The Balaban J connectivity index is 1.84. The summed E-state index contributed by atoms with van der Waals surface area (Å²) < 4.78 is 24.9. The smallest absolute Gasteiger partial charge is 0.346 e. The third-order valence-corrected chi connectivity index (χ3v) is 6.55. The van der Waals surface area contributed by atoms with Gasteiger partial charge in [-0.1, -0.05) is 30.9 Å². The molecule has 2 heterocycles. The molecule has 1 aliphatic rings. The summed E-state index contributed by atoms with van der Waals surface area (Å²) in [5.74, 6) is -1.02. The van der Waals surface area contributed by atoms with E-state index in [1.165, 1.54) is 24.3 Å². The van der Waals surface area contributed by atoms with E-state index in [1.807, 2.05) is 19.1 Å². The third kappa shape index (κ3) is 4.47. The van der Waals surface area contributed by atoms with E-state index < -0.39 is 11.8 Å². The van der Waals surface area contributed by atoms with E-state index >= 15 is 0 Å². The molecule has 0 saturated carbocycles. The number of ether oxygens (including phenoxy) is 2. The van der Waals surface area contributed by atoms with Crippen molar-refractivity contribution in [3.63, 3.8) is 0 Å². The van der Waals surface area contributed by atoms with Crippen LogP contribution in [0, 0.1) is 5.82 Å². The monoisotopic (exact) mass is 467 g/mol. The van der Waals surface area contributed by atoms with Crippen molar-refractivity contribution in [3.05, 3.63) is 76.3 Å². The topological polar surface area (TPSA) is 84.9 Å². The third-order valence-electron chi connectivity index (χ3n) is 5.26. The van der Waals surface area contributed by atoms with Gasteiger partial charge in [0.2, 0.25) is 5.91 Å². The number of amides is 1. The molecule has 0 bridgehead atoms. The lowest BCUT2D eigenvalue weighted by Gasteiger charge is -2.24. The van der Waals surface area contributed by atoms with Crippen molar-refractivity contribution in [2.45, 2.75) is 19.3 Å². The molecule has 1 atom stereocenters. The maximum absolute atomic E-state index is 13.5. The van der Waals surface area contributed by atoms with Crippen molar-refractivity contribution < 1.29 is 28.6 Å². The zero-order valence-electron chi connectivity index (χ0n) is 17.9. The normalized spacial score (nSPS) is 14.8. The highest BCUT2D eigenvalue weighted by molar-refractivity contribution is 7.15. The van der Waals surface area contributed by atoms with Crippen molar-refractivity contribution in [2.75, 3.05) is 18.5 Å². The second-order valence-electron chi connectivity index (χ2n) is 7.40. The number of carbonyl (C=O) groups excluding carboxylic acids is 1. The molecule has 33 heavy (non-hydrogen) atoms. The lowest BCUT2D eigenvalue weighted by Crippen LogP contribution is -2.22. The molecule has 6 nitrogen and oxygen atoms in total. The molecule has 0 saturated heterocycles. The SMILES string of the molecule is C=CCOc1ccc([C@H]2CC(=O)Nc3c2sc(C(=O)O)c3-c2ccc(F)cc2)cc1OCC. The van der Waals surface area contributed by atoms with Gasteiger partial charge in [0, 0.05) is 22.8 Å². The molecule has 3 aromatic rings. The van der Waals surface area contributed by atoms with Crippen LogP contribution in [-0.2, 0) is 4.79 Å². The van der Waals surface area contributed by atoms with Gasteiger partial charge >= 0.3 is 5.97 Å². The zero-order valence-corrected chi connectivity index (χ0v) is 18.7. The van der Waals surface area contributed by atoms with Crippen molar-refractivity contribution in [1.82, 2.24) is 0 Å². The molecular formula is C25H22FNO5S. The lowest BCUT2D eigenvalue weighted by atomic mass is 9.88. The average Bonchev–Trinajstić information content (AvgIpc) is 3.18. The van der Waals surface area contributed by atoms with Gasteiger partial charge in [0.1, 0.15) is 17.3 Å². The van der Waals surface area contributed by atoms with Crippen LogP contribution in [0.25, 0.3) is 11.1 Å². The van der Waals surface area contributed by atoms with Gasteiger partial charge in [-0.15, -0.1) is 11.3 Å². The molecule has 2 N–H and O–H groups in total. The fourth-order valence-corrected chi connectivity index (χ4v) is 5.12. The molecule has 1 aromatic heterocycles. The van der Waals surface area contributed by atoms with Crippen LogP contribution in [0.1, 0.15) is 39.4 Å². The molecule has 0 radical (unpaired) electrons. The highest BCUT2D eigenvalue weighted by Gasteiger charge is 2.34. The van der Waals surface area contributed by atoms with Crippen LogP contribution in [-0.4, -0.2) is 30.2 Å². The molecule has 1 amide bonds. The number of rotatable bonds is 8. The number of nitrogens with one attached hydrogen (secondary N) is 1. The number of benzene rings is 2. The van der Waals surface area contributed by atoms with Gasteiger partial charge in [0.05, 0.1) is 12.3 Å². The van der Waals surface area contributed by atoms with E-state index in [2.05, 4.69) is 11.9 Å². The summed E-state index contributed by atoms with van der Waals surface area (Å²) in [7, 11) is 0. The Morgan fingerprint density at radius 3 is 2.67 bits per heavy atom. The Labute approximate surface area is 194 Å². The van der Waals surface area contributed by atoms with Crippen molar-refractivity contribution >= 4 is 28.9 Å². The van der Waals surface area contributed by atoms with Gasteiger partial charge in [0.15, 0.2) is 11.5 Å². The van der Waals surface area contributed by atoms with E-state index in [9.17, 15) is 19.1 Å². The number of anilines is 1. The van der Waals surface area contributed by atoms with Crippen LogP contribution >= 0.6 is 11.3 Å². The standard InChI is InChI=1S/C25H22FNO5S/c1-3-11-32-18-10-7-15(12-19(18)31-4-2)17-13-20(28)27-22-21(14-5-8-16(26)9-6-14)24(25(29)30)33-23(17)22/h3,5-10,12,17H,1,4,11,13H2,2H3,(H,27,28)(H,29,30)/t17-/m1/s1. The number of fused-ring (bicyclic) bond motifs is 1. The summed E-state index contributed by atoms with van der Waals surface area (Å²) in [6.45, 7) is 6.27. The lowest BCUT2D eigenvalue weighted by molar-refractivity contribution is -0.116. The fourth-order valence-electron chi connectivity index (χ4n) is 3.88. The molecule has 0 aliphatic carbocycles. The molecular weight excluding hydrogens is 445 g/mol. The van der Waals surface area contributed by atoms with Gasteiger partial charge < -0.3 is 19.9 Å². The maximum atomic E-state index is 13.5. The Hall–Kier alpha value is -3.65. The van der Waals surface area contributed by atoms with Gasteiger partial charge in [-0.2, -0.15) is 0 Å². The largest absolute Gasteiger partial charge is 0.490 e. The molecule has 8 heteroatoms. The van der Waals surface area contributed by atoms with Crippen molar-refractivity contribution in [2.24, 2.45) is 0 Å². The number of carboxylic acids is 1. The number of thiophene rings is 1. The van der Waals surface area contributed by atoms with Crippen LogP contribution < -0.4 is 14.8 Å². The molecule has 170 valence electrons. The molecule has 0 unspecified atom stereocenters. The van der Waals surface area contributed by atoms with Gasteiger partial charge in [-0.05, 0) is 42.3 Å². The quantitative estimate of drug-likeness (QED) is 0.416. The molecule has 4 rings (SSSR count). The average molecular weight is 468 g/mol. The number of carboxylic acid groups (broad SMARTS) is 1.